The van der Waals surface area contributed by atoms with Crippen molar-refractivity contribution >= 4 is 45.5 Å². The van der Waals surface area contributed by atoms with E-state index in [1.54, 1.807) is 0 Å². The molecule has 3 aromatic heterocycles. The number of ether oxygens (including phenoxy) is 1. The van der Waals surface area contributed by atoms with E-state index in [4.69, 9.17) is 20.0 Å². The van der Waals surface area contributed by atoms with E-state index >= 15 is 0 Å². The molecule has 6 heterocycles. The topological polar surface area (TPSA) is 170 Å². The van der Waals surface area contributed by atoms with Crippen molar-refractivity contribution in [3.8, 4) is 22.8 Å². The Morgan fingerprint density at radius 2 is 1.47 bits per heavy atom. The minimum absolute atomic E-state index is 0.194. The molecule has 15 nitrogen and oxygen atoms in total. The van der Waals surface area contributed by atoms with E-state index in [1.165, 1.54) is 10.9 Å². The molecule has 3 aliphatic heterocycles. The number of nitrogens with one attached hydrogen (secondary N) is 1. The third-order valence-corrected chi connectivity index (χ3v) is 12.4. The van der Waals surface area contributed by atoms with E-state index in [0.717, 1.165) is 104 Å². The highest BCUT2D eigenvalue weighted by Gasteiger charge is 2.37. The number of nitrogen functional groups attached to an aromatic ring is 1. The summed E-state index contributed by atoms with van der Waals surface area (Å²) in [6.07, 6.45) is 6.26. The Kier molecular flexibility index (Phi) is 8.97. The first-order chi connectivity index (χ1) is 27.9. The number of piperidine rings is 1. The highest BCUT2D eigenvalue weighted by molar-refractivity contribution is 6.00. The number of nitrogens with zero attached hydrogens (tertiary/aromatic N) is 8. The Bertz CT molecular complexity index is 2510. The van der Waals surface area contributed by atoms with Crippen LogP contribution in [-0.2, 0) is 9.59 Å². The van der Waals surface area contributed by atoms with Crippen LogP contribution in [0, 0.1) is 0 Å². The van der Waals surface area contributed by atoms with Crippen LogP contribution in [0.4, 0.5) is 11.5 Å². The van der Waals surface area contributed by atoms with Gasteiger partial charge in [-0.05, 0) is 80.6 Å². The summed E-state index contributed by atoms with van der Waals surface area (Å²) in [6.45, 7) is 6.01. The molecule has 3 aromatic carbocycles. The van der Waals surface area contributed by atoms with Crippen LogP contribution in [0.1, 0.15) is 50.6 Å². The molecule has 1 saturated carbocycles. The molecule has 4 fully saturated rings. The molecule has 4 aliphatic rings. The van der Waals surface area contributed by atoms with Crippen molar-refractivity contribution in [3.05, 3.63) is 89.7 Å². The molecule has 2 amide bonds. The van der Waals surface area contributed by atoms with Crippen LogP contribution in [0.5, 0.6) is 11.5 Å². The predicted octanol–water partition coefficient (Wildman–Crippen LogP) is 4.74. The summed E-state index contributed by atoms with van der Waals surface area (Å²) in [5, 5.41) is 8.26. The van der Waals surface area contributed by atoms with E-state index in [-0.39, 0.29) is 24.8 Å². The van der Waals surface area contributed by atoms with E-state index in [9.17, 15) is 14.4 Å². The maximum atomic E-state index is 12.8. The van der Waals surface area contributed by atoms with Crippen LogP contribution in [0.15, 0.2) is 88.3 Å². The zero-order valence-electron chi connectivity index (χ0n) is 31.5. The fraction of sp³-hybridized carbons (Fsp3) is 0.381. The van der Waals surface area contributed by atoms with Gasteiger partial charge in [-0.2, -0.15) is 5.10 Å². The zero-order valence-corrected chi connectivity index (χ0v) is 31.5. The quantitative estimate of drug-likeness (QED) is 0.204. The summed E-state index contributed by atoms with van der Waals surface area (Å²) >= 11 is 0. The van der Waals surface area contributed by atoms with Crippen LogP contribution >= 0.6 is 0 Å². The highest BCUT2D eigenvalue weighted by Crippen LogP contribution is 2.38. The first-order valence-electron chi connectivity index (χ1n) is 19.9. The lowest BCUT2D eigenvalue weighted by atomic mass is 9.89. The number of rotatable bonds is 8. The van der Waals surface area contributed by atoms with Gasteiger partial charge in [0, 0.05) is 75.1 Å². The maximum absolute atomic E-state index is 12.8. The molecule has 3 saturated heterocycles. The first-order valence-corrected chi connectivity index (χ1v) is 19.9. The normalized spacial score (nSPS) is 22.5. The van der Waals surface area contributed by atoms with Crippen LogP contribution in [0.25, 0.3) is 33.4 Å². The number of amides is 2. The summed E-state index contributed by atoms with van der Waals surface area (Å²) in [4.78, 5) is 53.4. The Morgan fingerprint density at radius 3 is 2.21 bits per heavy atom. The van der Waals surface area contributed by atoms with Gasteiger partial charge in [0.05, 0.1) is 16.9 Å². The van der Waals surface area contributed by atoms with Crippen LogP contribution in [-0.4, -0.2) is 97.3 Å². The number of oxazole rings is 1. The molecule has 0 spiro atoms. The predicted molar refractivity (Wildman–Crippen MR) is 214 cm³/mol. The third kappa shape index (κ3) is 6.59. The van der Waals surface area contributed by atoms with Crippen molar-refractivity contribution in [2.24, 2.45) is 0 Å². The Morgan fingerprint density at radius 1 is 0.772 bits per heavy atom. The molecule has 0 bridgehead atoms. The number of carbonyl (C=O) groups excluding carboxylic acids is 2. The van der Waals surface area contributed by atoms with Crippen molar-refractivity contribution < 1.29 is 18.7 Å². The molecule has 1 unspecified atom stereocenters. The van der Waals surface area contributed by atoms with Crippen LogP contribution in [0.3, 0.4) is 0 Å². The van der Waals surface area contributed by atoms with Gasteiger partial charge >= 0.3 is 5.76 Å². The molecule has 6 aromatic rings. The van der Waals surface area contributed by atoms with Gasteiger partial charge in [-0.3, -0.25) is 29.3 Å². The second-order valence-corrected chi connectivity index (χ2v) is 15.6. The van der Waals surface area contributed by atoms with Gasteiger partial charge in [0.15, 0.2) is 11.2 Å². The maximum Gasteiger partial charge on any atom is 0.420 e. The molecule has 0 radical (unpaired) electrons. The van der Waals surface area contributed by atoms with E-state index in [2.05, 4.69) is 34.7 Å². The van der Waals surface area contributed by atoms with Gasteiger partial charge in [-0.15, -0.1) is 0 Å². The minimum atomic E-state index is -0.749. The Labute approximate surface area is 328 Å². The number of para-hydroxylation sites is 1. The van der Waals surface area contributed by atoms with Gasteiger partial charge in [0.25, 0.3) is 0 Å². The monoisotopic (exact) mass is 768 g/mol. The van der Waals surface area contributed by atoms with Crippen LogP contribution in [0.2, 0.25) is 0 Å². The van der Waals surface area contributed by atoms with Gasteiger partial charge in [0.2, 0.25) is 11.8 Å². The van der Waals surface area contributed by atoms with Gasteiger partial charge in [0.1, 0.15) is 35.4 Å². The average Bonchev–Trinajstić information content (AvgIpc) is 3.76. The van der Waals surface area contributed by atoms with Crippen LogP contribution < -0.4 is 26.4 Å². The number of hydrogen-bond acceptors (Lipinski definition) is 12. The summed E-state index contributed by atoms with van der Waals surface area (Å²) in [5.74, 6) is 0.603. The van der Waals surface area contributed by atoms with E-state index in [0.29, 0.717) is 29.0 Å². The SMILES string of the molecule is Nc1ncnc2c1c(-c1ccc(Oc3ccccc3)cc1)nn2C1CCC(N2CCN(C3CN(c4ccc5c(c4)oc(=O)n5C4CCC(=O)NC4=O)C3)CC2)CC1. The van der Waals surface area contributed by atoms with Gasteiger partial charge in [-0.1, -0.05) is 18.2 Å². The Balaban J connectivity index is 0.739. The summed E-state index contributed by atoms with van der Waals surface area (Å²) < 4.78 is 15.0. The van der Waals surface area contributed by atoms with E-state index in [1.807, 2.05) is 72.8 Å². The lowest BCUT2D eigenvalue weighted by Crippen LogP contribution is -2.64. The average molecular weight is 769 g/mol. The van der Waals surface area contributed by atoms with Gasteiger partial charge in [-0.25, -0.2) is 19.4 Å². The highest BCUT2D eigenvalue weighted by atomic mass is 16.5. The summed E-state index contributed by atoms with van der Waals surface area (Å²) in [6, 6.07) is 23.9. The molecule has 3 N–H and O–H groups in total. The van der Waals surface area contributed by atoms with Crippen molar-refractivity contribution in [2.45, 2.75) is 62.7 Å². The number of anilines is 2. The number of aromatic nitrogens is 5. The minimum Gasteiger partial charge on any atom is -0.457 e. The number of piperazine rings is 1. The third-order valence-electron chi connectivity index (χ3n) is 12.4. The number of imide groups is 1. The number of fused-ring (bicyclic) bond motifs is 2. The van der Waals surface area contributed by atoms with Crippen molar-refractivity contribution in [3.63, 3.8) is 0 Å². The van der Waals surface area contributed by atoms with Gasteiger partial charge < -0.3 is 19.8 Å². The molecular weight excluding hydrogens is 725 g/mol. The van der Waals surface area contributed by atoms with Crippen molar-refractivity contribution in [1.29, 1.82) is 0 Å². The van der Waals surface area contributed by atoms with Crippen molar-refractivity contribution in [1.82, 2.24) is 39.4 Å². The standard InChI is InChI=1S/C42H44N10O5/c43-39-37-38(26-6-13-32(14-7-26)56-31-4-2-1-3-5-31)47-52(40(37)45-25-44-39)28-10-8-27(9-11-28)48-18-20-49(21-19-48)30-23-50(24-30)29-12-15-33-35(22-29)57-42(55)51(33)34-16-17-36(53)46-41(34)54/h1-7,12-15,22,25,27-28,30,34H,8-11,16-21,23-24H2,(H2,43,44,45)(H,46,53,54). The first kappa shape index (κ1) is 35.4. The largest absolute Gasteiger partial charge is 0.457 e. The van der Waals surface area contributed by atoms with Crippen molar-refractivity contribution in [2.75, 3.05) is 49.9 Å². The molecule has 1 atom stereocenters. The molecule has 292 valence electrons. The number of benzene rings is 3. The lowest BCUT2D eigenvalue weighted by Gasteiger charge is -2.50. The molecule has 15 heteroatoms. The fourth-order valence-corrected chi connectivity index (χ4v) is 9.24. The number of hydrogen-bond donors (Lipinski definition) is 2. The summed E-state index contributed by atoms with van der Waals surface area (Å²) in [7, 11) is 0. The smallest absolute Gasteiger partial charge is 0.420 e. The Hall–Kier alpha value is -6.06. The second kappa shape index (κ2) is 14.5. The molecule has 57 heavy (non-hydrogen) atoms. The molecule has 1 aliphatic carbocycles. The molecular formula is C42H44N10O5. The van der Waals surface area contributed by atoms with E-state index < -0.39 is 17.7 Å². The number of carbonyl (C=O) groups is 2. The second-order valence-electron chi connectivity index (χ2n) is 15.6. The summed E-state index contributed by atoms with van der Waals surface area (Å²) in [5.41, 5.74) is 11.0. The number of nitrogens with two attached hydrogens (primary N) is 1. The zero-order chi connectivity index (χ0) is 38.6. The molecule has 10 rings (SSSR count). The lowest BCUT2D eigenvalue weighted by molar-refractivity contribution is -0.135. The fourth-order valence-electron chi connectivity index (χ4n) is 9.24.